The zero-order valence-electron chi connectivity index (χ0n) is 21.7. The quantitative estimate of drug-likeness (QED) is 0.472. The standard InChI is InChI=1S/C24H40O3.2C2H6/c1-15(7-12-22(26)27-3)17-8-9-19-18(17)10-11-20-23(19)21(25)14-16-6-4-5-13-24(16,20)2;2*1-2/h15-21,23,25H,4-14H2,1-3H3;2*1-2H3/t15-,16?,17-,18?,19-,20+,21?,23?,24?;;/m1../s1. The molecule has 0 aromatic heterocycles. The summed E-state index contributed by atoms with van der Waals surface area (Å²) in [6, 6.07) is 0. The van der Waals surface area contributed by atoms with Crippen LogP contribution < -0.4 is 0 Å². The number of hydrogen-bond donors (Lipinski definition) is 1. The molecule has 0 aliphatic heterocycles. The molecule has 182 valence electrons. The zero-order valence-corrected chi connectivity index (χ0v) is 21.7. The molecule has 0 aromatic carbocycles. The summed E-state index contributed by atoms with van der Waals surface area (Å²) >= 11 is 0. The third-order valence-electron chi connectivity index (χ3n) is 9.73. The number of fused-ring (bicyclic) bond motifs is 5. The molecule has 3 nitrogen and oxygen atoms in total. The van der Waals surface area contributed by atoms with Gasteiger partial charge in [-0.25, -0.2) is 0 Å². The van der Waals surface area contributed by atoms with Gasteiger partial charge in [0.2, 0.25) is 0 Å². The van der Waals surface area contributed by atoms with Gasteiger partial charge in [0.15, 0.2) is 0 Å². The second-order valence-electron chi connectivity index (χ2n) is 10.7. The Kier molecular flexibility index (Phi) is 10.4. The van der Waals surface area contributed by atoms with Gasteiger partial charge in [-0.3, -0.25) is 4.79 Å². The van der Waals surface area contributed by atoms with E-state index in [1.165, 1.54) is 58.5 Å². The number of carbonyl (C=O) groups is 1. The maximum Gasteiger partial charge on any atom is 0.305 e. The highest BCUT2D eigenvalue weighted by Gasteiger charge is 2.58. The fourth-order valence-electron chi connectivity index (χ4n) is 8.34. The first-order valence-electron chi connectivity index (χ1n) is 13.7. The molecule has 9 atom stereocenters. The fraction of sp³-hybridized carbons (Fsp3) is 0.964. The van der Waals surface area contributed by atoms with Crippen molar-refractivity contribution in [3.8, 4) is 0 Å². The number of carbonyl (C=O) groups excluding carboxylic acids is 1. The van der Waals surface area contributed by atoms with Crippen LogP contribution in [0, 0.1) is 46.8 Å². The van der Waals surface area contributed by atoms with Crippen LogP contribution in [0.5, 0.6) is 0 Å². The first-order valence-corrected chi connectivity index (χ1v) is 13.7. The molecule has 4 rings (SSSR count). The average Bonchev–Trinajstić information content (AvgIpc) is 3.24. The van der Waals surface area contributed by atoms with Crippen molar-refractivity contribution < 1.29 is 14.6 Å². The number of esters is 1. The van der Waals surface area contributed by atoms with Crippen LogP contribution in [0.15, 0.2) is 0 Å². The number of hydrogen-bond acceptors (Lipinski definition) is 3. The van der Waals surface area contributed by atoms with E-state index in [1.807, 2.05) is 27.7 Å². The Balaban J connectivity index is 0.000000807. The number of ether oxygens (including phenoxy) is 1. The Morgan fingerprint density at radius 3 is 2.39 bits per heavy atom. The van der Waals surface area contributed by atoms with Crippen LogP contribution in [0.4, 0.5) is 0 Å². The lowest BCUT2D eigenvalue weighted by Crippen LogP contribution is -2.55. The van der Waals surface area contributed by atoms with Gasteiger partial charge >= 0.3 is 5.97 Å². The van der Waals surface area contributed by atoms with Crippen LogP contribution in [0.1, 0.15) is 112 Å². The molecule has 0 aromatic rings. The van der Waals surface area contributed by atoms with Crippen LogP contribution in [-0.4, -0.2) is 24.3 Å². The smallest absolute Gasteiger partial charge is 0.305 e. The predicted octanol–water partition coefficient (Wildman–Crippen LogP) is 7.26. The van der Waals surface area contributed by atoms with Crippen LogP contribution in [0.3, 0.4) is 0 Å². The molecule has 0 bridgehead atoms. The summed E-state index contributed by atoms with van der Waals surface area (Å²) in [6.07, 6.45) is 13.3. The molecule has 0 heterocycles. The Morgan fingerprint density at radius 1 is 1.03 bits per heavy atom. The van der Waals surface area contributed by atoms with Crippen molar-refractivity contribution in [2.24, 2.45) is 46.8 Å². The van der Waals surface area contributed by atoms with E-state index in [0.29, 0.717) is 23.7 Å². The van der Waals surface area contributed by atoms with Gasteiger partial charge in [0.1, 0.15) is 0 Å². The summed E-state index contributed by atoms with van der Waals surface area (Å²) in [7, 11) is 1.49. The normalized spacial score (nSPS) is 41.7. The molecular formula is C28H52O3. The predicted molar refractivity (Wildman–Crippen MR) is 130 cm³/mol. The summed E-state index contributed by atoms with van der Waals surface area (Å²) < 4.78 is 4.84. The van der Waals surface area contributed by atoms with E-state index < -0.39 is 0 Å². The summed E-state index contributed by atoms with van der Waals surface area (Å²) in [5.41, 5.74) is 0.488. The van der Waals surface area contributed by atoms with Crippen molar-refractivity contribution in [3.05, 3.63) is 0 Å². The molecule has 4 fully saturated rings. The molecule has 0 saturated heterocycles. The minimum Gasteiger partial charge on any atom is -0.469 e. The van der Waals surface area contributed by atoms with Gasteiger partial charge < -0.3 is 9.84 Å². The summed E-state index contributed by atoms with van der Waals surface area (Å²) in [4.78, 5) is 11.6. The zero-order chi connectivity index (χ0) is 23.2. The fourth-order valence-corrected chi connectivity index (χ4v) is 8.34. The van der Waals surface area contributed by atoms with Gasteiger partial charge in [0.05, 0.1) is 13.2 Å². The Bertz CT molecular complexity index is 546. The van der Waals surface area contributed by atoms with Crippen molar-refractivity contribution in [2.45, 2.75) is 118 Å². The molecule has 3 heteroatoms. The highest BCUT2D eigenvalue weighted by atomic mass is 16.5. The van der Waals surface area contributed by atoms with E-state index in [2.05, 4.69) is 13.8 Å². The maximum absolute atomic E-state index is 11.6. The molecular weight excluding hydrogens is 384 g/mol. The van der Waals surface area contributed by atoms with Crippen molar-refractivity contribution in [2.75, 3.05) is 7.11 Å². The molecule has 0 spiro atoms. The van der Waals surface area contributed by atoms with E-state index in [0.717, 1.165) is 42.4 Å². The third-order valence-corrected chi connectivity index (χ3v) is 9.73. The van der Waals surface area contributed by atoms with Crippen molar-refractivity contribution >= 4 is 5.97 Å². The number of aliphatic hydroxyl groups excluding tert-OH is 1. The van der Waals surface area contributed by atoms with Gasteiger partial charge in [-0.2, -0.15) is 0 Å². The number of aliphatic hydroxyl groups is 1. The number of methoxy groups -OCH3 is 1. The molecule has 4 saturated carbocycles. The lowest BCUT2D eigenvalue weighted by Gasteiger charge is -2.60. The first kappa shape index (κ1) is 26.7. The average molecular weight is 437 g/mol. The Morgan fingerprint density at radius 2 is 1.71 bits per heavy atom. The third kappa shape index (κ3) is 5.33. The topological polar surface area (TPSA) is 46.5 Å². The van der Waals surface area contributed by atoms with Crippen LogP contribution in [-0.2, 0) is 9.53 Å². The Hall–Kier alpha value is -0.570. The Labute approximate surface area is 193 Å². The largest absolute Gasteiger partial charge is 0.469 e. The van der Waals surface area contributed by atoms with Crippen molar-refractivity contribution in [1.29, 1.82) is 0 Å². The van der Waals surface area contributed by atoms with Crippen molar-refractivity contribution in [3.63, 3.8) is 0 Å². The van der Waals surface area contributed by atoms with E-state index in [-0.39, 0.29) is 12.1 Å². The molecule has 1 N–H and O–H groups in total. The van der Waals surface area contributed by atoms with Gasteiger partial charge in [0.25, 0.3) is 0 Å². The number of rotatable bonds is 4. The molecule has 0 amide bonds. The lowest BCUT2D eigenvalue weighted by molar-refractivity contribution is -0.146. The monoisotopic (exact) mass is 436 g/mol. The van der Waals surface area contributed by atoms with E-state index >= 15 is 0 Å². The molecule has 31 heavy (non-hydrogen) atoms. The minimum absolute atomic E-state index is 0.0666. The molecule has 0 radical (unpaired) electrons. The van der Waals surface area contributed by atoms with Gasteiger partial charge in [-0.1, -0.05) is 54.4 Å². The second kappa shape index (κ2) is 12.1. The summed E-state index contributed by atoms with van der Waals surface area (Å²) in [5.74, 6) is 4.81. The van der Waals surface area contributed by atoms with E-state index in [9.17, 15) is 9.90 Å². The summed E-state index contributed by atoms with van der Waals surface area (Å²) in [6.45, 7) is 12.9. The van der Waals surface area contributed by atoms with Gasteiger partial charge in [-0.15, -0.1) is 0 Å². The molecule has 4 aliphatic rings. The van der Waals surface area contributed by atoms with E-state index in [1.54, 1.807) is 0 Å². The lowest BCUT2D eigenvalue weighted by atomic mass is 9.46. The highest BCUT2D eigenvalue weighted by molar-refractivity contribution is 5.69. The summed E-state index contributed by atoms with van der Waals surface area (Å²) in [5, 5.41) is 11.2. The minimum atomic E-state index is -0.0703. The van der Waals surface area contributed by atoms with Crippen molar-refractivity contribution in [1.82, 2.24) is 0 Å². The maximum atomic E-state index is 11.6. The molecule has 4 aliphatic carbocycles. The second-order valence-corrected chi connectivity index (χ2v) is 10.7. The van der Waals surface area contributed by atoms with Crippen LogP contribution >= 0.6 is 0 Å². The first-order chi connectivity index (χ1) is 15.0. The van der Waals surface area contributed by atoms with Crippen LogP contribution in [0.25, 0.3) is 0 Å². The van der Waals surface area contributed by atoms with Crippen LogP contribution in [0.2, 0.25) is 0 Å². The molecule has 5 unspecified atom stereocenters. The highest BCUT2D eigenvalue weighted by Crippen LogP contribution is 2.64. The SMILES string of the molecule is CC.CC.COC(=O)CC[C@@H](C)[C@H]1CC[C@@H]2C1CC[C@H]1C2C(O)CC2CCCCC21C. The van der Waals surface area contributed by atoms with Gasteiger partial charge in [0, 0.05) is 6.42 Å². The van der Waals surface area contributed by atoms with Gasteiger partial charge in [-0.05, 0) is 98.2 Å². The van der Waals surface area contributed by atoms with E-state index in [4.69, 9.17) is 4.74 Å².